The van der Waals surface area contributed by atoms with E-state index in [-0.39, 0.29) is 5.95 Å². The smallest absolute Gasteiger partial charge is 0.222 e. The van der Waals surface area contributed by atoms with Crippen LogP contribution in [0.4, 0.5) is 23.1 Å². The molecule has 1 saturated heterocycles. The van der Waals surface area contributed by atoms with Gasteiger partial charge in [-0.3, -0.25) is 10.4 Å². The largest absolute Gasteiger partial charge is 0.493 e. The first-order valence-electron chi connectivity index (χ1n) is 14.9. The summed E-state index contributed by atoms with van der Waals surface area (Å²) < 4.78 is 6.11. The summed E-state index contributed by atoms with van der Waals surface area (Å²) in [7, 11) is 0. The second-order valence-electron chi connectivity index (χ2n) is 11.0. The molecule has 4 aromatic rings. The molecule has 11 nitrogen and oxygen atoms in total. The number of nitrogens with zero attached hydrogens (tertiary/aromatic N) is 4. The average Bonchev–Trinajstić information content (AvgIpc) is 3.00. The van der Waals surface area contributed by atoms with E-state index in [9.17, 15) is 0 Å². The van der Waals surface area contributed by atoms with Gasteiger partial charge in [0.05, 0.1) is 12.1 Å². The van der Waals surface area contributed by atoms with Crippen LogP contribution in [0.15, 0.2) is 60.8 Å². The van der Waals surface area contributed by atoms with Crippen LogP contribution in [0, 0.1) is 18.3 Å². The Bertz CT molecular complexity index is 1490. The summed E-state index contributed by atoms with van der Waals surface area (Å²) in [6.07, 6.45) is 4.88. The van der Waals surface area contributed by atoms with E-state index in [0.29, 0.717) is 48.5 Å². The van der Waals surface area contributed by atoms with E-state index >= 15 is 0 Å². The highest BCUT2D eigenvalue weighted by atomic mass is 16.5. The minimum atomic E-state index is 0.256. The molecular weight excluding hydrogens is 540 g/mol. The molecule has 0 unspecified atom stereocenters. The van der Waals surface area contributed by atoms with Gasteiger partial charge in [0.1, 0.15) is 17.4 Å². The van der Waals surface area contributed by atoms with Crippen molar-refractivity contribution in [1.29, 1.82) is 5.41 Å². The van der Waals surface area contributed by atoms with Gasteiger partial charge in [0.2, 0.25) is 5.95 Å². The molecule has 1 aliphatic heterocycles. The number of nitrogens with one attached hydrogen (secondary N) is 4. The highest BCUT2D eigenvalue weighted by Crippen LogP contribution is 2.24. The van der Waals surface area contributed by atoms with Crippen LogP contribution in [0.2, 0.25) is 0 Å². The third kappa shape index (κ3) is 8.45. The van der Waals surface area contributed by atoms with Gasteiger partial charge < -0.3 is 37.1 Å². The van der Waals surface area contributed by atoms with Crippen molar-refractivity contribution in [1.82, 2.24) is 25.2 Å². The summed E-state index contributed by atoms with van der Waals surface area (Å²) in [5.41, 5.74) is 16.2. The molecule has 0 amide bonds. The lowest BCUT2D eigenvalue weighted by atomic mass is 9.98. The van der Waals surface area contributed by atoms with Crippen LogP contribution in [-0.4, -0.2) is 71.6 Å². The van der Waals surface area contributed by atoms with Crippen molar-refractivity contribution < 1.29 is 4.74 Å². The van der Waals surface area contributed by atoms with E-state index in [1.807, 2.05) is 55.6 Å². The fraction of sp³-hybridized carbons (Fsp3) is 0.375. The first-order chi connectivity index (χ1) is 20.9. The predicted octanol–water partition coefficient (Wildman–Crippen LogP) is 4.12. The molecule has 2 aromatic carbocycles. The lowest BCUT2D eigenvalue weighted by Gasteiger charge is -2.32. The summed E-state index contributed by atoms with van der Waals surface area (Å²) in [6, 6.07) is 17.7. The number of para-hydroxylation sites is 1. The molecule has 226 valence electrons. The van der Waals surface area contributed by atoms with E-state index in [0.717, 1.165) is 73.5 Å². The van der Waals surface area contributed by atoms with Gasteiger partial charge in [0.15, 0.2) is 0 Å². The molecule has 0 bridgehead atoms. The van der Waals surface area contributed by atoms with Crippen LogP contribution in [0.25, 0.3) is 10.9 Å². The number of likely N-dealkylation sites (tertiary alicyclic amines) is 1. The minimum Gasteiger partial charge on any atom is -0.493 e. The molecule has 0 spiro atoms. The van der Waals surface area contributed by atoms with Crippen molar-refractivity contribution in [3.8, 4) is 5.75 Å². The van der Waals surface area contributed by atoms with E-state index in [4.69, 9.17) is 21.6 Å². The van der Waals surface area contributed by atoms with Crippen molar-refractivity contribution >= 4 is 39.9 Å². The van der Waals surface area contributed by atoms with Gasteiger partial charge in [-0.15, -0.1) is 0 Å². The van der Waals surface area contributed by atoms with Crippen molar-refractivity contribution in [2.75, 3.05) is 68.0 Å². The Kier molecular flexibility index (Phi) is 10.1. The van der Waals surface area contributed by atoms with Gasteiger partial charge in [-0.1, -0.05) is 18.2 Å². The standard InChI is InChI=1S/C32H42N10O/c1-22-19-30(41-32(35)40-22)38-12-4-13-39-31(34)25-8-7-24(20-27(25)33)43-21-23-10-16-42(17-11-23)18-15-37-29-9-14-36-28-6-3-2-5-26(28)29/h2-3,5-9,14,19-20,23H,4,10-13,15-18,21,33H2,1H3,(H2,34,39)(H,36,37)(H3,35,38,40,41). The van der Waals surface area contributed by atoms with Gasteiger partial charge in [-0.05, 0) is 69.5 Å². The SMILES string of the molecule is Cc1cc(NCCCNC(=N)c2ccc(OCC3CCN(CCNc4ccnc5ccccc45)CC3)cc2N)nc(N)n1. The number of aryl methyl sites for hydroxylation is 1. The number of piperidine rings is 1. The molecule has 5 rings (SSSR count). The van der Waals surface area contributed by atoms with Crippen molar-refractivity contribution in [2.45, 2.75) is 26.2 Å². The highest BCUT2D eigenvalue weighted by molar-refractivity contribution is 6.01. The number of nitrogen functional groups attached to an aromatic ring is 2. The molecule has 43 heavy (non-hydrogen) atoms. The van der Waals surface area contributed by atoms with Crippen LogP contribution >= 0.6 is 0 Å². The lowest BCUT2D eigenvalue weighted by Crippen LogP contribution is -2.38. The van der Waals surface area contributed by atoms with Gasteiger partial charge in [0, 0.05) is 72.5 Å². The van der Waals surface area contributed by atoms with Crippen molar-refractivity contribution in [2.24, 2.45) is 5.92 Å². The second kappa shape index (κ2) is 14.5. The Morgan fingerprint density at radius 1 is 1.00 bits per heavy atom. The zero-order valence-corrected chi connectivity index (χ0v) is 24.8. The number of aromatic nitrogens is 3. The number of fused-ring (bicyclic) bond motifs is 1. The fourth-order valence-corrected chi connectivity index (χ4v) is 5.34. The average molecular weight is 583 g/mol. The van der Waals surface area contributed by atoms with Crippen LogP contribution < -0.4 is 32.2 Å². The summed E-state index contributed by atoms with van der Waals surface area (Å²) in [5, 5.41) is 19.5. The van der Waals surface area contributed by atoms with Gasteiger partial charge in [0.25, 0.3) is 0 Å². The Balaban J connectivity index is 0.977. The molecule has 0 aliphatic carbocycles. The summed E-state index contributed by atoms with van der Waals surface area (Å²) in [5.74, 6) is 2.52. The third-order valence-corrected chi connectivity index (χ3v) is 7.71. The lowest BCUT2D eigenvalue weighted by molar-refractivity contribution is 0.144. The number of pyridine rings is 1. The van der Waals surface area contributed by atoms with Gasteiger partial charge >= 0.3 is 0 Å². The molecule has 11 heteroatoms. The molecule has 3 heterocycles. The quantitative estimate of drug-likeness (QED) is 0.0585. The normalized spacial score (nSPS) is 14.0. The highest BCUT2D eigenvalue weighted by Gasteiger charge is 2.20. The third-order valence-electron chi connectivity index (χ3n) is 7.71. The molecular formula is C32H42N10O. The first kappa shape index (κ1) is 29.8. The zero-order valence-electron chi connectivity index (χ0n) is 24.8. The second-order valence-corrected chi connectivity index (χ2v) is 11.0. The summed E-state index contributed by atoms with van der Waals surface area (Å²) >= 11 is 0. The number of anilines is 4. The van der Waals surface area contributed by atoms with E-state index in [1.54, 1.807) is 0 Å². The first-order valence-corrected chi connectivity index (χ1v) is 14.9. The number of hydrogen-bond acceptors (Lipinski definition) is 10. The number of amidine groups is 1. The minimum absolute atomic E-state index is 0.256. The molecule has 2 aromatic heterocycles. The van der Waals surface area contributed by atoms with Crippen molar-refractivity contribution in [3.63, 3.8) is 0 Å². The van der Waals surface area contributed by atoms with Crippen LogP contribution in [0.1, 0.15) is 30.5 Å². The Morgan fingerprint density at radius 2 is 1.84 bits per heavy atom. The number of ether oxygens (including phenoxy) is 1. The monoisotopic (exact) mass is 582 g/mol. The number of nitrogens with two attached hydrogens (primary N) is 2. The number of benzene rings is 2. The molecule has 1 fully saturated rings. The molecule has 0 saturated carbocycles. The van der Waals surface area contributed by atoms with Crippen LogP contribution in [0.3, 0.4) is 0 Å². The Morgan fingerprint density at radius 3 is 2.65 bits per heavy atom. The van der Waals surface area contributed by atoms with E-state index < -0.39 is 0 Å². The molecule has 0 atom stereocenters. The topological polar surface area (TPSA) is 163 Å². The maximum atomic E-state index is 8.41. The molecule has 0 radical (unpaired) electrons. The Labute approximate surface area is 253 Å². The molecule has 8 N–H and O–H groups in total. The van der Waals surface area contributed by atoms with Crippen molar-refractivity contribution in [3.05, 3.63) is 72.1 Å². The van der Waals surface area contributed by atoms with Crippen LogP contribution in [0.5, 0.6) is 5.75 Å². The molecule has 1 aliphatic rings. The number of rotatable bonds is 13. The zero-order chi connectivity index (χ0) is 30.0. The van der Waals surface area contributed by atoms with Gasteiger partial charge in [-0.25, -0.2) is 4.98 Å². The summed E-state index contributed by atoms with van der Waals surface area (Å²) in [4.78, 5) is 15.2. The van der Waals surface area contributed by atoms with E-state index in [2.05, 4.69) is 47.9 Å². The fourth-order valence-electron chi connectivity index (χ4n) is 5.34. The van der Waals surface area contributed by atoms with E-state index in [1.165, 1.54) is 0 Å². The van der Waals surface area contributed by atoms with Gasteiger partial charge in [-0.2, -0.15) is 4.98 Å². The number of hydrogen-bond donors (Lipinski definition) is 6. The maximum Gasteiger partial charge on any atom is 0.222 e. The maximum absolute atomic E-state index is 8.41. The predicted molar refractivity (Wildman–Crippen MR) is 175 cm³/mol. The summed E-state index contributed by atoms with van der Waals surface area (Å²) in [6.45, 7) is 7.92. The Hall–Kier alpha value is -4.64. The van der Waals surface area contributed by atoms with Crippen LogP contribution in [-0.2, 0) is 0 Å².